The number of nitrogens with one attached hydrogen (secondary N) is 1. The average molecular weight is 595 g/mol. The van der Waals surface area contributed by atoms with Gasteiger partial charge in [0.05, 0.1) is 18.6 Å². The molecule has 2 amide bonds. The van der Waals surface area contributed by atoms with Crippen LogP contribution in [0.15, 0.2) is 53.4 Å². The lowest BCUT2D eigenvalue weighted by Gasteiger charge is -2.23. The van der Waals surface area contributed by atoms with Crippen LogP contribution in [0, 0.1) is 0 Å². The highest BCUT2D eigenvalue weighted by Crippen LogP contribution is 2.28. The molecule has 1 aliphatic heterocycles. The van der Waals surface area contributed by atoms with E-state index in [4.69, 9.17) is 5.73 Å². The maximum atomic E-state index is 14.4. The zero-order valence-electron chi connectivity index (χ0n) is 20.8. The molecule has 1 aliphatic rings. The first-order chi connectivity index (χ1) is 18.7. The number of alkyl halides is 1. The second-order valence-corrected chi connectivity index (χ2v) is 9.93. The standard InChI is InChI=1S/C26H24BrFN8O3/c1-14(37)25-18-7-15(16-10-30-23(9-29)31-11-16)5-6-19(18)36(34-25)13-24(38)35-12-17(28)8-20(35)26(39)33-22-4-2-3-21(27)32-22/h2-7,10-11,17,20H,8-9,12-13,29H2,1H3,(H,32,33,39)/t17-,20+/m1/s1. The van der Waals surface area contributed by atoms with E-state index in [0.717, 1.165) is 11.1 Å². The van der Waals surface area contributed by atoms with Crippen molar-refractivity contribution in [2.24, 2.45) is 5.73 Å². The molecule has 1 aromatic carbocycles. The van der Waals surface area contributed by atoms with Gasteiger partial charge < -0.3 is 16.0 Å². The second-order valence-electron chi connectivity index (χ2n) is 9.12. The van der Waals surface area contributed by atoms with E-state index in [9.17, 15) is 18.8 Å². The fourth-order valence-electron chi connectivity index (χ4n) is 4.56. The molecule has 39 heavy (non-hydrogen) atoms. The highest BCUT2D eigenvalue weighted by atomic mass is 79.9. The number of likely N-dealkylation sites (tertiary alicyclic amines) is 1. The molecule has 4 heterocycles. The predicted molar refractivity (Wildman–Crippen MR) is 144 cm³/mol. The third kappa shape index (κ3) is 5.54. The van der Waals surface area contributed by atoms with Gasteiger partial charge in [-0.25, -0.2) is 19.3 Å². The summed E-state index contributed by atoms with van der Waals surface area (Å²) in [6, 6.07) is 9.34. The van der Waals surface area contributed by atoms with Crippen molar-refractivity contribution in [1.29, 1.82) is 0 Å². The normalized spacial score (nSPS) is 17.0. The lowest BCUT2D eigenvalue weighted by molar-refractivity contribution is -0.137. The van der Waals surface area contributed by atoms with Gasteiger partial charge in [0.15, 0.2) is 5.78 Å². The number of benzene rings is 1. The fraction of sp³-hybridized carbons (Fsp3) is 0.269. The van der Waals surface area contributed by atoms with Crippen LogP contribution in [0.3, 0.4) is 0 Å². The molecule has 4 aromatic rings. The largest absolute Gasteiger partial charge is 0.326 e. The first-order valence-corrected chi connectivity index (χ1v) is 12.9. The second kappa shape index (κ2) is 10.9. The number of fused-ring (bicyclic) bond motifs is 1. The first-order valence-electron chi connectivity index (χ1n) is 12.1. The number of hydrogen-bond donors (Lipinski definition) is 2. The number of anilines is 1. The van der Waals surface area contributed by atoms with Gasteiger partial charge in [-0.15, -0.1) is 0 Å². The summed E-state index contributed by atoms with van der Waals surface area (Å²) in [6.45, 7) is 1.12. The lowest BCUT2D eigenvalue weighted by atomic mass is 10.0. The molecule has 3 aromatic heterocycles. The van der Waals surface area contributed by atoms with Crippen LogP contribution in [-0.2, 0) is 22.7 Å². The third-order valence-corrected chi connectivity index (χ3v) is 6.87. The minimum Gasteiger partial charge on any atom is -0.326 e. The molecular formula is C26H24BrFN8O3. The Hall–Kier alpha value is -4.10. The Morgan fingerprint density at radius 3 is 2.62 bits per heavy atom. The van der Waals surface area contributed by atoms with Crippen LogP contribution in [0.4, 0.5) is 10.2 Å². The van der Waals surface area contributed by atoms with Crippen LogP contribution >= 0.6 is 15.9 Å². The molecule has 3 N–H and O–H groups in total. The number of carbonyl (C=O) groups excluding carboxylic acids is 3. The number of Topliss-reactive ketones (excluding diaryl/α,β-unsaturated/α-hetero) is 1. The summed E-state index contributed by atoms with van der Waals surface area (Å²) in [4.78, 5) is 52.5. The van der Waals surface area contributed by atoms with Gasteiger partial charge in [-0.3, -0.25) is 19.1 Å². The zero-order chi connectivity index (χ0) is 27.7. The van der Waals surface area contributed by atoms with E-state index >= 15 is 0 Å². The van der Waals surface area contributed by atoms with E-state index in [1.54, 1.807) is 42.7 Å². The number of amides is 2. The number of carbonyl (C=O) groups is 3. The fourth-order valence-corrected chi connectivity index (χ4v) is 4.91. The monoisotopic (exact) mass is 594 g/mol. The molecule has 0 spiro atoms. The number of rotatable bonds is 7. The highest BCUT2D eigenvalue weighted by Gasteiger charge is 2.40. The summed E-state index contributed by atoms with van der Waals surface area (Å²) in [5.41, 5.74) is 7.81. The molecule has 0 radical (unpaired) electrons. The topological polar surface area (TPSA) is 149 Å². The maximum absolute atomic E-state index is 14.4. The molecule has 0 aliphatic carbocycles. The summed E-state index contributed by atoms with van der Waals surface area (Å²) in [7, 11) is 0. The Labute approximate surface area is 230 Å². The van der Waals surface area contributed by atoms with Gasteiger partial charge in [-0.1, -0.05) is 12.1 Å². The van der Waals surface area contributed by atoms with E-state index < -0.39 is 24.0 Å². The summed E-state index contributed by atoms with van der Waals surface area (Å²) in [5.74, 6) is -0.509. The van der Waals surface area contributed by atoms with Crippen molar-refractivity contribution in [1.82, 2.24) is 29.6 Å². The number of nitrogens with two attached hydrogens (primary N) is 1. The van der Waals surface area contributed by atoms with Crippen LogP contribution in [-0.4, -0.2) is 66.0 Å². The molecule has 2 atom stereocenters. The highest BCUT2D eigenvalue weighted by molar-refractivity contribution is 9.10. The van der Waals surface area contributed by atoms with Gasteiger partial charge >= 0.3 is 0 Å². The molecule has 0 unspecified atom stereocenters. The van der Waals surface area contributed by atoms with Crippen LogP contribution in [0.2, 0.25) is 0 Å². The Kier molecular flexibility index (Phi) is 7.44. The minimum atomic E-state index is -1.35. The number of nitrogens with zero attached hydrogens (tertiary/aromatic N) is 6. The maximum Gasteiger partial charge on any atom is 0.248 e. The van der Waals surface area contributed by atoms with Crippen molar-refractivity contribution in [2.45, 2.75) is 38.6 Å². The number of hydrogen-bond acceptors (Lipinski definition) is 8. The van der Waals surface area contributed by atoms with Crippen molar-refractivity contribution in [2.75, 3.05) is 11.9 Å². The van der Waals surface area contributed by atoms with Crippen molar-refractivity contribution in [3.8, 4) is 11.1 Å². The van der Waals surface area contributed by atoms with Crippen molar-refractivity contribution < 1.29 is 18.8 Å². The molecule has 1 saturated heterocycles. The van der Waals surface area contributed by atoms with E-state index in [2.05, 4.69) is 41.3 Å². The van der Waals surface area contributed by atoms with Crippen LogP contribution in [0.5, 0.6) is 0 Å². The Bertz CT molecular complexity index is 1580. The van der Waals surface area contributed by atoms with Crippen LogP contribution in [0.1, 0.15) is 29.7 Å². The molecule has 13 heteroatoms. The molecule has 0 bridgehead atoms. The summed E-state index contributed by atoms with van der Waals surface area (Å²) in [5, 5.41) is 7.59. The number of ketones is 1. The van der Waals surface area contributed by atoms with Gasteiger partial charge in [0.1, 0.15) is 40.7 Å². The molecule has 5 rings (SSSR count). The molecule has 0 saturated carbocycles. The molecule has 200 valence electrons. The van der Waals surface area contributed by atoms with Gasteiger partial charge in [-0.2, -0.15) is 5.10 Å². The van der Waals surface area contributed by atoms with E-state index in [0.29, 0.717) is 21.3 Å². The predicted octanol–water partition coefficient (Wildman–Crippen LogP) is 2.89. The zero-order valence-corrected chi connectivity index (χ0v) is 22.4. The van der Waals surface area contributed by atoms with E-state index in [-0.39, 0.29) is 43.4 Å². The smallest absolute Gasteiger partial charge is 0.248 e. The van der Waals surface area contributed by atoms with Gasteiger partial charge in [0, 0.05) is 36.7 Å². The van der Waals surface area contributed by atoms with Gasteiger partial charge in [-0.05, 0) is 45.8 Å². The van der Waals surface area contributed by atoms with Crippen molar-refractivity contribution in [3.63, 3.8) is 0 Å². The summed E-state index contributed by atoms with van der Waals surface area (Å²) < 4.78 is 16.4. The summed E-state index contributed by atoms with van der Waals surface area (Å²) >= 11 is 3.24. The molecule has 11 nitrogen and oxygen atoms in total. The SMILES string of the molecule is CC(=O)c1nn(CC(=O)N2C[C@H](F)C[C@H]2C(=O)Nc2cccc(Br)n2)c2ccc(-c3cnc(CN)nc3)cc12. The first kappa shape index (κ1) is 26.5. The van der Waals surface area contributed by atoms with Crippen LogP contribution in [0.25, 0.3) is 22.0 Å². The van der Waals surface area contributed by atoms with Gasteiger partial charge in [0.25, 0.3) is 0 Å². The van der Waals surface area contributed by atoms with Crippen LogP contribution < -0.4 is 11.1 Å². The summed E-state index contributed by atoms with van der Waals surface area (Å²) in [6.07, 6.45) is 1.82. The van der Waals surface area contributed by atoms with Crippen molar-refractivity contribution >= 4 is 50.2 Å². The Balaban J connectivity index is 1.40. The van der Waals surface area contributed by atoms with E-state index in [1.165, 1.54) is 16.5 Å². The average Bonchev–Trinajstić information content (AvgIpc) is 3.49. The number of aromatic nitrogens is 5. The minimum absolute atomic E-state index is 0.126. The van der Waals surface area contributed by atoms with Gasteiger partial charge in [0.2, 0.25) is 11.8 Å². The number of pyridine rings is 1. The Morgan fingerprint density at radius 2 is 1.92 bits per heavy atom. The molecular weight excluding hydrogens is 571 g/mol. The van der Waals surface area contributed by atoms with E-state index in [1.807, 2.05) is 6.07 Å². The van der Waals surface area contributed by atoms with Crippen molar-refractivity contribution in [3.05, 3.63) is 64.9 Å². The lowest BCUT2D eigenvalue weighted by Crippen LogP contribution is -2.44. The quantitative estimate of drug-likeness (QED) is 0.245. The molecule has 1 fully saturated rings. The Morgan fingerprint density at radius 1 is 1.15 bits per heavy atom. The third-order valence-electron chi connectivity index (χ3n) is 6.43. The number of halogens is 2.